The van der Waals surface area contributed by atoms with Crippen molar-refractivity contribution in [2.24, 2.45) is 0 Å². The zero-order chi connectivity index (χ0) is 19.8. The molecular formula is C19H17BrFN5OS. The minimum absolute atomic E-state index is 0.166. The molecule has 1 aliphatic heterocycles. The lowest BCUT2D eigenvalue weighted by atomic mass is 10.0. The summed E-state index contributed by atoms with van der Waals surface area (Å²) < 4.78 is 16.1. The molecule has 1 aliphatic rings. The van der Waals surface area contributed by atoms with Crippen LogP contribution in [0.25, 0.3) is 0 Å². The van der Waals surface area contributed by atoms with E-state index in [2.05, 4.69) is 36.9 Å². The van der Waals surface area contributed by atoms with E-state index in [0.717, 1.165) is 15.6 Å². The highest BCUT2D eigenvalue weighted by Crippen LogP contribution is 2.37. The minimum Gasteiger partial charge on any atom is -0.325 e. The largest absolute Gasteiger partial charge is 0.325 e. The predicted octanol–water partition coefficient (Wildman–Crippen LogP) is 4.19. The smallest absolute Gasteiger partial charge is 0.240 e. The third-order valence-corrected chi connectivity index (χ3v) is 6.62. The molecule has 6 nitrogen and oxygen atoms in total. The lowest BCUT2D eigenvalue weighted by Gasteiger charge is -2.32. The summed E-state index contributed by atoms with van der Waals surface area (Å²) in [7, 11) is 0. The Labute approximate surface area is 174 Å². The van der Waals surface area contributed by atoms with Crippen molar-refractivity contribution in [2.45, 2.75) is 30.3 Å². The molecule has 0 radical (unpaired) electrons. The number of halogens is 2. The van der Waals surface area contributed by atoms with Crippen LogP contribution in [-0.4, -0.2) is 26.0 Å². The molecule has 2 atom stereocenters. The Morgan fingerprint density at radius 3 is 2.68 bits per heavy atom. The number of thioether (sulfide) groups is 1. The number of rotatable bonds is 3. The van der Waals surface area contributed by atoms with Gasteiger partial charge in [0.1, 0.15) is 16.9 Å². The van der Waals surface area contributed by atoms with E-state index in [1.165, 1.54) is 23.9 Å². The molecule has 2 heterocycles. The van der Waals surface area contributed by atoms with E-state index in [1.807, 2.05) is 32.0 Å². The van der Waals surface area contributed by atoms with E-state index in [4.69, 9.17) is 0 Å². The first-order chi connectivity index (χ1) is 13.4. The van der Waals surface area contributed by atoms with Crippen molar-refractivity contribution in [3.63, 3.8) is 0 Å². The zero-order valence-electron chi connectivity index (χ0n) is 15.1. The molecule has 0 bridgehead atoms. The molecule has 2 N–H and O–H groups in total. The van der Waals surface area contributed by atoms with Crippen LogP contribution in [-0.2, 0) is 4.79 Å². The molecule has 0 spiro atoms. The highest BCUT2D eigenvalue weighted by atomic mass is 79.9. The molecule has 0 unspecified atom stereocenters. The number of carbonyl (C=O) groups excluding carboxylic acids is 1. The Balaban J connectivity index is 1.65. The maximum absolute atomic E-state index is 13.4. The fourth-order valence-corrected chi connectivity index (χ4v) is 4.39. The molecule has 0 saturated heterocycles. The summed E-state index contributed by atoms with van der Waals surface area (Å²) >= 11 is 4.79. The summed E-state index contributed by atoms with van der Waals surface area (Å²) in [6, 6.07) is 11.4. The summed E-state index contributed by atoms with van der Waals surface area (Å²) in [5.74, 6) is 0.206. The van der Waals surface area contributed by atoms with Crippen LogP contribution in [0.2, 0.25) is 0 Å². The van der Waals surface area contributed by atoms with Crippen LogP contribution < -0.4 is 10.7 Å². The first-order valence-electron chi connectivity index (χ1n) is 8.60. The Hall–Kier alpha value is -2.39. The monoisotopic (exact) mass is 461 g/mol. The molecule has 4 rings (SSSR count). The van der Waals surface area contributed by atoms with E-state index in [0.29, 0.717) is 16.7 Å². The normalized spacial score (nSPS) is 18.3. The fourth-order valence-electron chi connectivity index (χ4n) is 3.02. The minimum atomic E-state index is -0.509. The summed E-state index contributed by atoms with van der Waals surface area (Å²) in [5, 5.41) is 11.3. The molecule has 2 aromatic carbocycles. The number of hydrogen-bond acceptors (Lipinski definition) is 5. The van der Waals surface area contributed by atoms with Crippen LogP contribution in [0.3, 0.4) is 0 Å². The van der Waals surface area contributed by atoms with E-state index in [1.54, 1.807) is 16.8 Å². The maximum atomic E-state index is 13.4. The van der Waals surface area contributed by atoms with Gasteiger partial charge in [-0.05, 0) is 55.3 Å². The Bertz CT molecular complexity index is 1040. The van der Waals surface area contributed by atoms with Crippen molar-refractivity contribution >= 4 is 39.3 Å². The molecule has 0 fully saturated rings. The lowest BCUT2D eigenvalue weighted by molar-refractivity contribution is -0.116. The number of amides is 1. The maximum Gasteiger partial charge on any atom is 0.240 e. The van der Waals surface area contributed by atoms with E-state index in [-0.39, 0.29) is 17.8 Å². The van der Waals surface area contributed by atoms with Crippen LogP contribution in [0.5, 0.6) is 0 Å². The van der Waals surface area contributed by atoms with Crippen molar-refractivity contribution in [1.29, 1.82) is 0 Å². The van der Waals surface area contributed by atoms with E-state index < -0.39 is 5.25 Å². The van der Waals surface area contributed by atoms with Crippen LogP contribution in [0.4, 0.5) is 10.1 Å². The third-order valence-electron chi connectivity index (χ3n) is 4.51. The lowest BCUT2D eigenvalue weighted by Crippen LogP contribution is -2.41. The molecule has 0 aliphatic carbocycles. The number of nitrogens with zero attached hydrogens (tertiary/aromatic N) is 3. The van der Waals surface area contributed by atoms with Gasteiger partial charge in [-0.25, -0.2) is 9.07 Å². The zero-order valence-corrected chi connectivity index (χ0v) is 17.5. The molecule has 144 valence electrons. The van der Waals surface area contributed by atoms with Gasteiger partial charge >= 0.3 is 0 Å². The quantitative estimate of drug-likeness (QED) is 0.611. The molecule has 1 aromatic heterocycles. The average Bonchev–Trinajstić information content (AvgIpc) is 3.04. The van der Waals surface area contributed by atoms with Crippen LogP contribution >= 0.6 is 27.7 Å². The second-order valence-electron chi connectivity index (χ2n) is 6.52. The molecule has 0 saturated carbocycles. The van der Waals surface area contributed by atoms with Crippen molar-refractivity contribution in [1.82, 2.24) is 14.9 Å². The Morgan fingerprint density at radius 1 is 1.21 bits per heavy atom. The van der Waals surface area contributed by atoms with Crippen molar-refractivity contribution in [2.75, 3.05) is 10.7 Å². The molecule has 3 aromatic rings. The number of carbonyl (C=O) groups is 1. The van der Waals surface area contributed by atoms with Gasteiger partial charge in [-0.1, -0.05) is 39.8 Å². The van der Waals surface area contributed by atoms with Crippen molar-refractivity contribution < 1.29 is 9.18 Å². The number of aryl methyl sites for hydroxylation is 2. The summed E-state index contributed by atoms with van der Waals surface area (Å²) in [6.45, 7) is 3.79. The third kappa shape index (κ3) is 3.64. The second-order valence-corrected chi connectivity index (χ2v) is 8.48. The first kappa shape index (κ1) is 18.9. The number of hydrogen-bond donors (Lipinski definition) is 2. The Morgan fingerprint density at radius 2 is 1.96 bits per heavy atom. The van der Waals surface area contributed by atoms with Gasteiger partial charge in [0.15, 0.2) is 0 Å². The van der Waals surface area contributed by atoms with Crippen molar-refractivity contribution in [3.05, 3.63) is 69.7 Å². The predicted molar refractivity (Wildman–Crippen MR) is 110 cm³/mol. The molecule has 9 heteroatoms. The first-order valence-corrected chi connectivity index (χ1v) is 10.3. The van der Waals surface area contributed by atoms with Crippen LogP contribution in [0, 0.1) is 19.7 Å². The highest BCUT2D eigenvalue weighted by Gasteiger charge is 2.37. The van der Waals surface area contributed by atoms with E-state index in [9.17, 15) is 9.18 Å². The van der Waals surface area contributed by atoms with Gasteiger partial charge in [-0.2, -0.15) is 0 Å². The summed E-state index contributed by atoms with van der Waals surface area (Å²) in [6.07, 6.45) is 0. The molecule has 28 heavy (non-hydrogen) atoms. The highest BCUT2D eigenvalue weighted by molar-refractivity contribution is 9.10. The average molecular weight is 462 g/mol. The van der Waals surface area contributed by atoms with Gasteiger partial charge in [0, 0.05) is 10.2 Å². The number of benzene rings is 2. The number of fused-ring (bicyclic) bond motifs is 1. The van der Waals surface area contributed by atoms with Gasteiger partial charge in [-0.15, -0.1) is 10.2 Å². The fraction of sp³-hybridized carbons (Fsp3) is 0.211. The molecular weight excluding hydrogens is 445 g/mol. The SMILES string of the molecule is Cc1cc(NC(=O)[C@H]2Sc3nnc(C)n3N[C@@H]2c2ccc(F)cc2)ccc1Br. The summed E-state index contributed by atoms with van der Waals surface area (Å²) in [5.41, 5.74) is 5.84. The van der Waals surface area contributed by atoms with Crippen molar-refractivity contribution in [3.8, 4) is 0 Å². The van der Waals surface area contributed by atoms with Gasteiger partial charge in [-0.3, -0.25) is 4.79 Å². The van der Waals surface area contributed by atoms with Gasteiger partial charge < -0.3 is 10.7 Å². The van der Waals surface area contributed by atoms with Gasteiger partial charge in [0.05, 0.1) is 6.04 Å². The number of anilines is 1. The number of aromatic nitrogens is 3. The standard InChI is InChI=1S/C19H17BrFN5OS/c1-10-9-14(7-8-15(10)20)22-18(27)17-16(12-3-5-13(21)6-4-12)25-26-11(2)23-24-19(26)28-17/h3-9,16-17,25H,1-2H3,(H,22,27)/t16-,17+/m1/s1. The van der Waals surface area contributed by atoms with Gasteiger partial charge in [0.2, 0.25) is 11.1 Å². The van der Waals surface area contributed by atoms with Gasteiger partial charge in [0.25, 0.3) is 0 Å². The number of nitrogens with one attached hydrogen (secondary N) is 2. The summed E-state index contributed by atoms with van der Waals surface area (Å²) in [4.78, 5) is 13.1. The van der Waals surface area contributed by atoms with E-state index >= 15 is 0 Å². The molecule has 1 amide bonds. The van der Waals surface area contributed by atoms with Crippen LogP contribution in [0.1, 0.15) is 23.0 Å². The topological polar surface area (TPSA) is 71.8 Å². The second kappa shape index (κ2) is 7.56. The van der Waals surface area contributed by atoms with Crippen LogP contribution in [0.15, 0.2) is 52.1 Å². The Kier molecular flexibility index (Phi) is 5.11.